The largest absolute Gasteiger partial charge is 0.208 e. The summed E-state index contributed by atoms with van der Waals surface area (Å²) in [5.41, 5.74) is 4.13. The van der Waals surface area contributed by atoms with Gasteiger partial charge in [-0.25, -0.2) is 15.0 Å². The first-order valence-electron chi connectivity index (χ1n) is 15.5. The molecular formula is C42H25N3S. The zero-order valence-electron chi connectivity index (χ0n) is 25.0. The van der Waals surface area contributed by atoms with E-state index in [0.29, 0.717) is 17.5 Å². The third-order valence-electron chi connectivity index (χ3n) is 9.28. The number of rotatable bonds is 3. The SMILES string of the molecule is Cc1ccc(-c2nc(-c3ccc4c(ccc5c6ccccc6sc45)c3)nc(-c3cc4ccc5cccc6ccc(c3)c4c56)n2)cc1. The maximum absolute atomic E-state index is 5.14. The molecule has 0 aliphatic carbocycles. The molecular weight excluding hydrogens is 579 g/mol. The van der Waals surface area contributed by atoms with E-state index < -0.39 is 0 Å². The van der Waals surface area contributed by atoms with Gasteiger partial charge in [0, 0.05) is 36.9 Å². The molecule has 8 aromatic carbocycles. The lowest BCUT2D eigenvalue weighted by atomic mass is 9.93. The topological polar surface area (TPSA) is 38.7 Å². The molecule has 4 heteroatoms. The number of aryl methyl sites for hydroxylation is 1. The van der Waals surface area contributed by atoms with E-state index in [4.69, 9.17) is 15.0 Å². The van der Waals surface area contributed by atoms with Crippen molar-refractivity contribution >= 4 is 74.6 Å². The Morgan fingerprint density at radius 2 is 0.978 bits per heavy atom. The minimum Gasteiger partial charge on any atom is -0.208 e. The Hall–Kier alpha value is -5.71. The molecule has 10 rings (SSSR count). The van der Waals surface area contributed by atoms with Crippen LogP contribution in [0, 0.1) is 6.92 Å². The van der Waals surface area contributed by atoms with Crippen LogP contribution in [-0.4, -0.2) is 15.0 Å². The van der Waals surface area contributed by atoms with Gasteiger partial charge in [-0.05, 0) is 74.3 Å². The second-order valence-electron chi connectivity index (χ2n) is 12.2. The number of fused-ring (bicyclic) bond motifs is 5. The summed E-state index contributed by atoms with van der Waals surface area (Å²) in [6.07, 6.45) is 0. The van der Waals surface area contributed by atoms with Gasteiger partial charge in [0.2, 0.25) is 0 Å². The lowest BCUT2D eigenvalue weighted by Crippen LogP contribution is -2.00. The lowest BCUT2D eigenvalue weighted by Gasteiger charge is -2.13. The molecule has 0 radical (unpaired) electrons. The average molecular weight is 604 g/mol. The Morgan fingerprint density at radius 3 is 1.74 bits per heavy atom. The average Bonchev–Trinajstić information content (AvgIpc) is 3.49. The highest BCUT2D eigenvalue weighted by molar-refractivity contribution is 7.26. The van der Waals surface area contributed by atoms with Crippen molar-refractivity contribution in [2.45, 2.75) is 6.92 Å². The molecule has 10 aromatic rings. The zero-order valence-corrected chi connectivity index (χ0v) is 25.8. The highest BCUT2D eigenvalue weighted by atomic mass is 32.1. The molecule has 0 saturated heterocycles. The van der Waals surface area contributed by atoms with Crippen LogP contribution in [0.1, 0.15) is 5.56 Å². The predicted molar refractivity (Wildman–Crippen MR) is 195 cm³/mol. The van der Waals surface area contributed by atoms with E-state index in [1.54, 1.807) is 0 Å². The van der Waals surface area contributed by atoms with Crippen LogP contribution in [0.5, 0.6) is 0 Å². The van der Waals surface area contributed by atoms with Crippen LogP contribution >= 0.6 is 11.3 Å². The Morgan fingerprint density at radius 1 is 0.413 bits per heavy atom. The van der Waals surface area contributed by atoms with Crippen molar-refractivity contribution < 1.29 is 0 Å². The molecule has 0 aliphatic heterocycles. The smallest absolute Gasteiger partial charge is 0.164 e. The molecule has 46 heavy (non-hydrogen) atoms. The van der Waals surface area contributed by atoms with E-state index in [0.717, 1.165) is 16.7 Å². The van der Waals surface area contributed by atoms with Crippen molar-refractivity contribution in [3.8, 4) is 34.2 Å². The molecule has 0 saturated carbocycles. The summed E-state index contributed by atoms with van der Waals surface area (Å²) in [4.78, 5) is 15.3. The van der Waals surface area contributed by atoms with Gasteiger partial charge in [-0.3, -0.25) is 0 Å². The second kappa shape index (κ2) is 9.64. The van der Waals surface area contributed by atoms with Crippen LogP contribution < -0.4 is 0 Å². The van der Waals surface area contributed by atoms with Crippen LogP contribution in [-0.2, 0) is 0 Å². The number of hydrogen-bond donors (Lipinski definition) is 0. The van der Waals surface area contributed by atoms with Crippen molar-refractivity contribution in [2.75, 3.05) is 0 Å². The van der Waals surface area contributed by atoms with Crippen molar-refractivity contribution in [2.24, 2.45) is 0 Å². The third kappa shape index (κ3) is 3.87. The van der Waals surface area contributed by atoms with Crippen LogP contribution in [0.15, 0.2) is 133 Å². The van der Waals surface area contributed by atoms with E-state index in [1.807, 2.05) is 11.3 Å². The number of aromatic nitrogens is 3. The summed E-state index contributed by atoms with van der Waals surface area (Å²) in [7, 11) is 0. The monoisotopic (exact) mass is 603 g/mol. The van der Waals surface area contributed by atoms with Gasteiger partial charge < -0.3 is 0 Å². The number of nitrogens with zero attached hydrogens (tertiary/aromatic N) is 3. The lowest BCUT2D eigenvalue weighted by molar-refractivity contribution is 1.07. The Balaban J connectivity index is 1.18. The molecule has 2 heterocycles. The van der Waals surface area contributed by atoms with Gasteiger partial charge >= 0.3 is 0 Å². The molecule has 0 atom stereocenters. The molecule has 214 valence electrons. The summed E-state index contributed by atoms with van der Waals surface area (Å²) in [5, 5.41) is 12.5. The van der Waals surface area contributed by atoms with Crippen molar-refractivity contribution in [1.29, 1.82) is 0 Å². The van der Waals surface area contributed by atoms with Gasteiger partial charge in [0.25, 0.3) is 0 Å². The second-order valence-corrected chi connectivity index (χ2v) is 13.2. The van der Waals surface area contributed by atoms with E-state index in [1.165, 1.54) is 68.8 Å². The number of thiophene rings is 1. The van der Waals surface area contributed by atoms with Crippen LogP contribution in [0.2, 0.25) is 0 Å². The highest BCUT2D eigenvalue weighted by Crippen LogP contribution is 2.40. The van der Waals surface area contributed by atoms with Gasteiger partial charge in [0.15, 0.2) is 17.5 Å². The fraction of sp³-hybridized carbons (Fsp3) is 0.0238. The Labute approximate surface area is 268 Å². The predicted octanol–water partition coefficient (Wildman–Crippen LogP) is 11.6. The molecule has 2 aromatic heterocycles. The first-order valence-corrected chi connectivity index (χ1v) is 16.3. The van der Waals surface area contributed by atoms with Crippen LogP contribution in [0.4, 0.5) is 0 Å². The fourth-order valence-electron chi connectivity index (χ4n) is 7.00. The molecule has 0 N–H and O–H groups in total. The molecule has 0 amide bonds. The maximum atomic E-state index is 5.14. The van der Waals surface area contributed by atoms with Crippen molar-refractivity contribution in [1.82, 2.24) is 15.0 Å². The van der Waals surface area contributed by atoms with Crippen molar-refractivity contribution in [3.63, 3.8) is 0 Å². The number of hydrogen-bond acceptors (Lipinski definition) is 4. The summed E-state index contributed by atoms with van der Waals surface area (Å²) < 4.78 is 2.63. The summed E-state index contributed by atoms with van der Waals surface area (Å²) in [6, 6.07) is 48.0. The zero-order chi connectivity index (χ0) is 30.4. The molecule has 0 aliphatic rings. The minimum absolute atomic E-state index is 0.670. The quantitative estimate of drug-likeness (QED) is 0.189. The van der Waals surface area contributed by atoms with Crippen molar-refractivity contribution in [3.05, 3.63) is 139 Å². The Bertz CT molecular complexity index is 2750. The van der Waals surface area contributed by atoms with E-state index in [9.17, 15) is 0 Å². The van der Waals surface area contributed by atoms with E-state index in [-0.39, 0.29) is 0 Å². The third-order valence-corrected chi connectivity index (χ3v) is 10.5. The number of benzene rings is 8. The van der Waals surface area contributed by atoms with Gasteiger partial charge in [-0.2, -0.15) is 0 Å². The maximum Gasteiger partial charge on any atom is 0.164 e. The minimum atomic E-state index is 0.670. The first kappa shape index (κ1) is 25.6. The first-order chi connectivity index (χ1) is 22.7. The van der Waals surface area contributed by atoms with Crippen LogP contribution in [0.3, 0.4) is 0 Å². The van der Waals surface area contributed by atoms with E-state index in [2.05, 4.69) is 140 Å². The molecule has 0 bridgehead atoms. The van der Waals surface area contributed by atoms with E-state index >= 15 is 0 Å². The van der Waals surface area contributed by atoms with Gasteiger partial charge in [0.1, 0.15) is 0 Å². The molecule has 3 nitrogen and oxygen atoms in total. The Kier molecular flexibility index (Phi) is 5.37. The van der Waals surface area contributed by atoms with Gasteiger partial charge in [0.05, 0.1) is 0 Å². The molecule has 0 spiro atoms. The summed E-state index contributed by atoms with van der Waals surface area (Å²) in [6.45, 7) is 2.10. The standard InChI is InChI=1S/C42H25N3S/c1-24-9-11-27(12-10-24)40-43-41(31-18-19-33-28(21-31)17-20-35-34-7-2-3-8-36(34)46-39(33)35)45-42(44-40)32-22-29-15-13-25-5-4-6-26-14-16-30(23-32)38(29)37(25)26/h2-23H,1H3. The van der Waals surface area contributed by atoms with Crippen LogP contribution in [0.25, 0.3) is 97.4 Å². The fourth-order valence-corrected chi connectivity index (χ4v) is 8.24. The highest BCUT2D eigenvalue weighted by Gasteiger charge is 2.16. The van der Waals surface area contributed by atoms with Gasteiger partial charge in [-0.15, -0.1) is 11.3 Å². The molecule has 0 fully saturated rings. The van der Waals surface area contributed by atoms with Gasteiger partial charge in [-0.1, -0.05) is 115 Å². The summed E-state index contributed by atoms with van der Waals surface area (Å²) in [5.74, 6) is 2.01. The normalized spacial score (nSPS) is 12.0. The molecule has 0 unspecified atom stereocenters. The summed E-state index contributed by atoms with van der Waals surface area (Å²) >= 11 is 1.86.